The standard InChI is InChI=1S/C18H15BrN2O2/c1-21(11-12-4-2-6-14(19)8-12)18(23)15-10-16-13(9-17(15)22)5-3-7-20-16/h2-10,22H,11H2,1H3. The number of fused-ring (bicyclic) bond motifs is 1. The van der Waals surface area contributed by atoms with Gasteiger partial charge in [-0.05, 0) is 35.9 Å². The fourth-order valence-electron chi connectivity index (χ4n) is 2.47. The molecule has 0 unspecified atom stereocenters. The summed E-state index contributed by atoms with van der Waals surface area (Å²) in [5, 5.41) is 11.0. The molecule has 0 spiro atoms. The Kier molecular flexibility index (Phi) is 4.30. The quantitative estimate of drug-likeness (QED) is 0.758. The van der Waals surface area contributed by atoms with Crippen molar-refractivity contribution in [1.82, 2.24) is 9.88 Å². The van der Waals surface area contributed by atoms with Gasteiger partial charge < -0.3 is 10.0 Å². The van der Waals surface area contributed by atoms with Crippen LogP contribution in [0.25, 0.3) is 10.9 Å². The van der Waals surface area contributed by atoms with E-state index in [0.29, 0.717) is 12.1 Å². The number of benzene rings is 2. The number of aromatic nitrogens is 1. The Bertz CT molecular complexity index is 880. The lowest BCUT2D eigenvalue weighted by molar-refractivity contribution is 0.0782. The molecule has 0 aliphatic rings. The van der Waals surface area contributed by atoms with Gasteiger partial charge in [0.15, 0.2) is 0 Å². The summed E-state index contributed by atoms with van der Waals surface area (Å²) in [5.41, 5.74) is 1.95. The molecule has 1 N–H and O–H groups in total. The lowest BCUT2D eigenvalue weighted by atomic mass is 10.1. The molecule has 0 saturated heterocycles. The number of aromatic hydroxyl groups is 1. The van der Waals surface area contributed by atoms with Crippen LogP contribution in [0, 0.1) is 0 Å². The predicted molar refractivity (Wildman–Crippen MR) is 93.3 cm³/mol. The molecule has 0 aliphatic carbocycles. The number of hydrogen-bond acceptors (Lipinski definition) is 3. The molecule has 1 aromatic heterocycles. The lowest BCUT2D eigenvalue weighted by Gasteiger charge is -2.18. The second-order valence-corrected chi connectivity index (χ2v) is 6.27. The summed E-state index contributed by atoms with van der Waals surface area (Å²) >= 11 is 3.42. The number of carbonyl (C=O) groups is 1. The zero-order valence-electron chi connectivity index (χ0n) is 12.5. The first-order valence-electron chi connectivity index (χ1n) is 7.12. The van der Waals surface area contributed by atoms with Gasteiger partial charge in [-0.3, -0.25) is 9.78 Å². The van der Waals surface area contributed by atoms with E-state index in [9.17, 15) is 9.90 Å². The smallest absolute Gasteiger partial charge is 0.257 e. The fourth-order valence-corrected chi connectivity index (χ4v) is 2.91. The van der Waals surface area contributed by atoms with E-state index in [1.165, 1.54) is 0 Å². The highest BCUT2D eigenvalue weighted by atomic mass is 79.9. The van der Waals surface area contributed by atoms with Crippen LogP contribution in [0.2, 0.25) is 0 Å². The van der Waals surface area contributed by atoms with Crippen LogP contribution in [-0.4, -0.2) is 27.9 Å². The fraction of sp³-hybridized carbons (Fsp3) is 0.111. The normalized spacial score (nSPS) is 10.7. The van der Waals surface area contributed by atoms with Gasteiger partial charge in [-0.2, -0.15) is 0 Å². The van der Waals surface area contributed by atoms with Gasteiger partial charge in [0.2, 0.25) is 0 Å². The van der Waals surface area contributed by atoms with Crippen LogP contribution in [0.5, 0.6) is 5.75 Å². The first kappa shape index (κ1) is 15.5. The Morgan fingerprint density at radius 1 is 1.22 bits per heavy atom. The number of nitrogens with zero attached hydrogens (tertiary/aromatic N) is 2. The number of amides is 1. The highest BCUT2D eigenvalue weighted by molar-refractivity contribution is 9.10. The highest BCUT2D eigenvalue weighted by Crippen LogP contribution is 2.25. The van der Waals surface area contributed by atoms with Crippen LogP contribution >= 0.6 is 15.9 Å². The van der Waals surface area contributed by atoms with Gasteiger partial charge in [-0.25, -0.2) is 0 Å². The number of carbonyl (C=O) groups excluding carboxylic acids is 1. The zero-order valence-corrected chi connectivity index (χ0v) is 14.1. The van der Waals surface area contributed by atoms with Crippen molar-refractivity contribution in [2.45, 2.75) is 6.54 Å². The number of phenolic OH excluding ortho intramolecular Hbond substituents is 1. The summed E-state index contributed by atoms with van der Waals surface area (Å²) in [5.74, 6) is -0.272. The van der Waals surface area contributed by atoms with Crippen molar-refractivity contribution in [2.75, 3.05) is 7.05 Å². The SMILES string of the molecule is CN(Cc1cccc(Br)c1)C(=O)c1cc2ncccc2cc1O. The topological polar surface area (TPSA) is 53.4 Å². The minimum absolute atomic E-state index is 0.0309. The van der Waals surface area contributed by atoms with Crippen molar-refractivity contribution in [3.63, 3.8) is 0 Å². The maximum absolute atomic E-state index is 12.6. The average Bonchev–Trinajstić information content (AvgIpc) is 2.53. The van der Waals surface area contributed by atoms with Crippen molar-refractivity contribution in [2.24, 2.45) is 0 Å². The maximum atomic E-state index is 12.6. The van der Waals surface area contributed by atoms with E-state index in [1.54, 1.807) is 36.3 Å². The van der Waals surface area contributed by atoms with Crippen molar-refractivity contribution in [3.8, 4) is 5.75 Å². The summed E-state index contributed by atoms with van der Waals surface area (Å²) in [4.78, 5) is 18.4. The Labute approximate surface area is 142 Å². The Morgan fingerprint density at radius 3 is 2.83 bits per heavy atom. The minimum Gasteiger partial charge on any atom is -0.507 e. The lowest BCUT2D eigenvalue weighted by Crippen LogP contribution is -2.26. The van der Waals surface area contributed by atoms with Gasteiger partial charge in [0, 0.05) is 29.6 Å². The molecule has 3 aromatic rings. The van der Waals surface area contributed by atoms with Crippen LogP contribution < -0.4 is 0 Å². The third-order valence-electron chi connectivity index (χ3n) is 3.61. The molecule has 0 saturated carbocycles. The predicted octanol–water partition coefficient (Wildman–Crippen LogP) is 3.98. The summed E-state index contributed by atoms with van der Waals surface area (Å²) in [6.45, 7) is 0.456. The van der Waals surface area contributed by atoms with Gasteiger partial charge in [-0.1, -0.05) is 34.1 Å². The third kappa shape index (κ3) is 3.35. The van der Waals surface area contributed by atoms with Crippen LogP contribution in [0.3, 0.4) is 0 Å². The number of phenols is 1. The molecular formula is C18H15BrN2O2. The molecule has 0 bridgehead atoms. The van der Waals surface area contributed by atoms with E-state index in [0.717, 1.165) is 15.4 Å². The number of halogens is 1. The molecule has 2 aromatic carbocycles. The number of rotatable bonds is 3. The molecule has 116 valence electrons. The molecule has 1 amide bonds. The Hall–Kier alpha value is -2.40. The first-order chi connectivity index (χ1) is 11.0. The Balaban J connectivity index is 1.88. The largest absolute Gasteiger partial charge is 0.507 e. The summed E-state index contributed by atoms with van der Waals surface area (Å²) in [7, 11) is 1.71. The molecule has 0 atom stereocenters. The monoisotopic (exact) mass is 370 g/mol. The minimum atomic E-state index is -0.241. The molecule has 3 rings (SSSR count). The van der Waals surface area contributed by atoms with E-state index in [1.807, 2.05) is 30.3 Å². The van der Waals surface area contributed by atoms with Crippen molar-refractivity contribution >= 4 is 32.7 Å². The molecule has 5 heteroatoms. The summed E-state index contributed by atoms with van der Waals surface area (Å²) < 4.78 is 0.966. The average molecular weight is 371 g/mol. The molecule has 4 nitrogen and oxygen atoms in total. The van der Waals surface area contributed by atoms with E-state index in [4.69, 9.17) is 0 Å². The van der Waals surface area contributed by atoms with E-state index >= 15 is 0 Å². The van der Waals surface area contributed by atoms with Crippen LogP contribution in [-0.2, 0) is 6.54 Å². The molecule has 0 fully saturated rings. The summed E-state index contributed by atoms with van der Waals surface area (Å²) in [6, 6.07) is 14.6. The van der Waals surface area contributed by atoms with Gasteiger partial charge >= 0.3 is 0 Å². The van der Waals surface area contributed by atoms with Gasteiger partial charge in [0.1, 0.15) is 5.75 Å². The van der Waals surface area contributed by atoms with Gasteiger partial charge in [0.05, 0.1) is 11.1 Å². The molecule has 23 heavy (non-hydrogen) atoms. The highest BCUT2D eigenvalue weighted by Gasteiger charge is 2.17. The van der Waals surface area contributed by atoms with Crippen LogP contribution in [0.15, 0.2) is 59.2 Å². The van der Waals surface area contributed by atoms with Gasteiger partial charge in [0.25, 0.3) is 5.91 Å². The second-order valence-electron chi connectivity index (χ2n) is 5.36. The number of pyridine rings is 1. The second kappa shape index (κ2) is 6.38. The zero-order chi connectivity index (χ0) is 16.4. The molecular weight excluding hydrogens is 356 g/mol. The van der Waals surface area contributed by atoms with Crippen molar-refractivity contribution < 1.29 is 9.90 Å². The number of hydrogen-bond donors (Lipinski definition) is 1. The first-order valence-corrected chi connectivity index (χ1v) is 7.91. The Morgan fingerprint density at radius 2 is 2.04 bits per heavy atom. The summed E-state index contributed by atoms with van der Waals surface area (Å²) in [6.07, 6.45) is 1.67. The van der Waals surface area contributed by atoms with E-state index in [2.05, 4.69) is 20.9 Å². The van der Waals surface area contributed by atoms with Crippen LogP contribution in [0.1, 0.15) is 15.9 Å². The van der Waals surface area contributed by atoms with E-state index in [-0.39, 0.29) is 17.2 Å². The van der Waals surface area contributed by atoms with Crippen LogP contribution in [0.4, 0.5) is 0 Å². The third-order valence-corrected chi connectivity index (χ3v) is 4.10. The molecule has 1 heterocycles. The van der Waals surface area contributed by atoms with Crippen molar-refractivity contribution in [1.29, 1.82) is 0 Å². The molecule has 0 radical (unpaired) electrons. The maximum Gasteiger partial charge on any atom is 0.257 e. The van der Waals surface area contributed by atoms with Gasteiger partial charge in [-0.15, -0.1) is 0 Å². The molecule has 0 aliphatic heterocycles. The van der Waals surface area contributed by atoms with E-state index < -0.39 is 0 Å². The van der Waals surface area contributed by atoms with Crippen molar-refractivity contribution in [3.05, 3.63) is 70.3 Å².